The van der Waals surface area contributed by atoms with Crippen molar-refractivity contribution < 1.29 is 9.50 Å². The highest BCUT2D eigenvalue weighted by Crippen LogP contribution is 2.53. The van der Waals surface area contributed by atoms with Crippen molar-refractivity contribution >= 4 is 5.82 Å². The molecular weight excluding hydrogens is 714 g/mol. The summed E-state index contributed by atoms with van der Waals surface area (Å²) in [5.41, 5.74) is 9.76. The van der Waals surface area contributed by atoms with Crippen LogP contribution in [0.25, 0.3) is 45.3 Å². The number of aliphatic hydroxyl groups excluding tert-OH is 1. The maximum atomic E-state index is 13.7. The Bertz CT molecular complexity index is 2400. The molecule has 11 rings (SSSR count). The van der Waals surface area contributed by atoms with Gasteiger partial charge in [-0.2, -0.15) is 4.39 Å². The zero-order valence-corrected chi connectivity index (χ0v) is 33.4. The normalized spacial score (nSPS) is 23.6. The van der Waals surface area contributed by atoms with Crippen LogP contribution in [0.2, 0.25) is 0 Å². The molecule has 3 aliphatic carbocycles. The van der Waals surface area contributed by atoms with Gasteiger partial charge in [0, 0.05) is 70.9 Å². The maximum Gasteiger partial charge on any atom is 0.213 e. The van der Waals surface area contributed by atoms with Crippen LogP contribution in [0, 0.1) is 19.8 Å². The maximum absolute atomic E-state index is 13.7. The Morgan fingerprint density at radius 2 is 1.16 bits per heavy atom. The first-order chi connectivity index (χ1) is 27.9. The average molecular weight is 766 g/mol. The lowest BCUT2D eigenvalue weighted by molar-refractivity contribution is 0.126. The van der Waals surface area contributed by atoms with Crippen LogP contribution in [0.5, 0.6) is 0 Å². The molecule has 4 bridgehead atoms. The first-order valence-electron chi connectivity index (χ1n) is 21.0. The fourth-order valence-corrected chi connectivity index (χ4v) is 9.96. The van der Waals surface area contributed by atoms with Crippen molar-refractivity contribution in [2.45, 2.75) is 128 Å². The van der Waals surface area contributed by atoms with E-state index in [4.69, 9.17) is 15.0 Å². The van der Waals surface area contributed by atoms with Crippen LogP contribution < -0.4 is 5.32 Å². The van der Waals surface area contributed by atoms with Gasteiger partial charge < -0.3 is 19.6 Å². The highest BCUT2D eigenvalue weighted by atomic mass is 19.1. The van der Waals surface area contributed by atoms with E-state index < -0.39 is 5.95 Å². The minimum absolute atomic E-state index is 0.147. The Kier molecular flexibility index (Phi) is 10.2. The van der Waals surface area contributed by atoms with Gasteiger partial charge in [0.15, 0.2) is 0 Å². The van der Waals surface area contributed by atoms with Gasteiger partial charge in [0.05, 0.1) is 28.9 Å². The van der Waals surface area contributed by atoms with E-state index in [1.807, 2.05) is 64.2 Å². The number of anilines is 1. The molecule has 8 heterocycles. The third kappa shape index (κ3) is 7.04. The van der Waals surface area contributed by atoms with Crippen molar-refractivity contribution in [2.75, 3.05) is 5.32 Å². The number of aryl methyl sites for hydroxylation is 2. The van der Waals surface area contributed by atoms with Crippen LogP contribution in [-0.2, 0) is 0 Å². The smallest absolute Gasteiger partial charge is 0.213 e. The number of hydrogen-bond donors (Lipinski definition) is 2. The van der Waals surface area contributed by atoms with Crippen LogP contribution in [0.15, 0.2) is 73.1 Å². The molecule has 6 aromatic rings. The summed E-state index contributed by atoms with van der Waals surface area (Å²) in [6.45, 7) is 8.01. The van der Waals surface area contributed by atoms with Crippen LogP contribution in [0.1, 0.15) is 125 Å². The number of imidazole rings is 2. The summed E-state index contributed by atoms with van der Waals surface area (Å²) >= 11 is 0. The molecule has 0 amide bonds. The minimum atomic E-state index is -0.464. The van der Waals surface area contributed by atoms with Gasteiger partial charge in [-0.05, 0) is 121 Å². The minimum Gasteiger partial charge on any atom is -0.393 e. The van der Waals surface area contributed by atoms with Crippen molar-refractivity contribution in [1.82, 2.24) is 39.0 Å². The Hall–Kier alpha value is -5.29. The first-order valence-corrected chi connectivity index (χ1v) is 21.0. The molecule has 4 unspecified atom stereocenters. The number of rotatable bonds is 6. The molecule has 0 saturated heterocycles. The number of aliphatic hydroxyl groups is 1. The van der Waals surface area contributed by atoms with Crippen LogP contribution in [0.3, 0.4) is 0 Å². The van der Waals surface area contributed by atoms with Crippen molar-refractivity contribution in [3.05, 3.63) is 102 Å². The molecule has 294 valence electrons. The molecule has 4 atom stereocenters. The molecule has 2 aliphatic heterocycles. The van der Waals surface area contributed by atoms with Gasteiger partial charge >= 0.3 is 0 Å². The van der Waals surface area contributed by atoms with E-state index in [1.54, 1.807) is 0 Å². The second-order valence-electron chi connectivity index (χ2n) is 16.2. The van der Waals surface area contributed by atoms with Crippen LogP contribution in [0.4, 0.5) is 10.2 Å². The molecule has 11 heteroatoms. The molecule has 6 aromatic heterocycles. The lowest BCUT2D eigenvalue weighted by Gasteiger charge is -2.26. The fourth-order valence-electron chi connectivity index (χ4n) is 9.96. The third-order valence-corrected chi connectivity index (χ3v) is 12.5. The molecule has 10 nitrogen and oxygen atoms in total. The standard InChI is InChI=1S/C25H29N5O.C19H17FN4.C2H6/c1-15-3-2-4-21(27-15)23-24(30-19-8-5-17(13-19)25(30)29-23)16-11-12-26-22(14-16)28-18-6-9-20(31)10-7-18;1-11-3-2-4-15(22-11)17-18(12-7-8-21-16(20)10-12)24-14-6-5-13(9-14)19(24)23-17;1-2/h2-4,11-12,14,17-20,31H,5-10,13H2,1H3,(H,26,28);2-4,7-8,10,13-14H,5-6,9H2,1H3;1-2H3. The molecule has 3 fully saturated rings. The molecule has 0 spiro atoms. The number of fused-ring (bicyclic) bond motifs is 10. The summed E-state index contributed by atoms with van der Waals surface area (Å²) in [6, 6.07) is 21.1. The zero-order chi connectivity index (χ0) is 39.2. The van der Waals surface area contributed by atoms with E-state index >= 15 is 0 Å². The Morgan fingerprint density at radius 1 is 0.632 bits per heavy atom. The van der Waals surface area contributed by atoms with Crippen molar-refractivity contribution in [3.8, 4) is 45.3 Å². The number of hydrogen-bond acceptors (Lipinski definition) is 8. The predicted octanol–water partition coefficient (Wildman–Crippen LogP) is 10.2. The molecule has 5 aliphatic rings. The molecular formula is C46H52FN9O. The number of nitrogens with zero attached hydrogens (tertiary/aromatic N) is 8. The highest BCUT2D eigenvalue weighted by molar-refractivity contribution is 5.80. The predicted molar refractivity (Wildman–Crippen MR) is 221 cm³/mol. The van der Waals surface area contributed by atoms with Gasteiger partial charge in [-0.15, -0.1) is 0 Å². The van der Waals surface area contributed by atoms with Crippen molar-refractivity contribution in [2.24, 2.45) is 0 Å². The van der Waals surface area contributed by atoms with E-state index in [9.17, 15) is 9.50 Å². The lowest BCUT2D eigenvalue weighted by atomic mass is 9.93. The molecule has 57 heavy (non-hydrogen) atoms. The quantitative estimate of drug-likeness (QED) is 0.161. The van der Waals surface area contributed by atoms with Gasteiger partial charge in [-0.3, -0.25) is 9.97 Å². The van der Waals surface area contributed by atoms with Gasteiger partial charge in [0.1, 0.15) is 28.9 Å². The summed E-state index contributed by atoms with van der Waals surface area (Å²) in [4.78, 5) is 27.8. The van der Waals surface area contributed by atoms with Crippen LogP contribution >= 0.6 is 0 Å². The number of pyridine rings is 4. The first kappa shape index (κ1) is 37.3. The summed E-state index contributed by atoms with van der Waals surface area (Å²) in [7, 11) is 0. The Labute approximate surface area is 334 Å². The summed E-state index contributed by atoms with van der Waals surface area (Å²) < 4.78 is 18.6. The van der Waals surface area contributed by atoms with Gasteiger partial charge in [0.25, 0.3) is 0 Å². The Balaban J connectivity index is 0.000000146. The van der Waals surface area contributed by atoms with E-state index in [2.05, 4.69) is 53.7 Å². The SMILES string of the molecule is CC.Cc1cccc(-c2nc3n(c2-c2ccnc(F)c2)C2CCC3C2)n1.Cc1cccc(-c2nc3n(c2-c2ccnc(NC4CCC(O)CC4)c2)C2CCC3C2)n1. The highest BCUT2D eigenvalue weighted by Gasteiger charge is 2.43. The number of halogens is 1. The fraction of sp³-hybridized carbons (Fsp3) is 0.435. The second-order valence-corrected chi connectivity index (χ2v) is 16.2. The van der Waals surface area contributed by atoms with Crippen LogP contribution in [-0.4, -0.2) is 56.3 Å². The van der Waals surface area contributed by atoms with Crippen molar-refractivity contribution in [3.63, 3.8) is 0 Å². The topological polar surface area (TPSA) is 119 Å². The third-order valence-electron chi connectivity index (χ3n) is 12.5. The van der Waals surface area contributed by atoms with E-state index in [-0.39, 0.29) is 6.10 Å². The van der Waals surface area contributed by atoms with E-state index in [0.29, 0.717) is 30.0 Å². The zero-order valence-electron chi connectivity index (χ0n) is 33.4. The van der Waals surface area contributed by atoms with Gasteiger partial charge in [-0.1, -0.05) is 26.0 Å². The molecule has 0 aromatic carbocycles. The number of aromatic nitrogens is 8. The Morgan fingerprint density at radius 3 is 1.68 bits per heavy atom. The lowest BCUT2D eigenvalue weighted by Crippen LogP contribution is -2.28. The number of nitrogens with one attached hydrogen (secondary N) is 1. The largest absolute Gasteiger partial charge is 0.393 e. The molecule has 0 radical (unpaired) electrons. The molecule has 3 saturated carbocycles. The van der Waals surface area contributed by atoms with E-state index in [1.165, 1.54) is 55.9 Å². The summed E-state index contributed by atoms with van der Waals surface area (Å²) in [5, 5.41) is 13.4. The van der Waals surface area contributed by atoms with Crippen molar-refractivity contribution in [1.29, 1.82) is 0 Å². The molecule has 2 N–H and O–H groups in total. The monoisotopic (exact) mass is 765 g/mol. The van der Waals surface area contributed by atoms with Gasteiger partial charge in [-0.25, -0.2) is 19.9 Å². The second kappa shape index (κ2) is 15.6. The van der Waals surface area contributed by atoms with Gasteiger partial charge in [0.2, 0.25) is 5.95 Å². The average Bonchev–Trinajstić information content (AvgIpc) is 4.09. The summed E-state index contributed by atoms with van der Waals surface area (Å²) in [6.07, 6.45) is 14.2. The summed E-state index contributed by atoms with van der Waals surface area (Å²) in [5.74, 6) is 3.92. The van der Waals surface area contributed by atoms with E-state index in [0.717, 1.165) is 94.7 Å².